The van der Waals surface area contributed by atoms with Crippen LogP contribution in [-0.2, 0) is 22.6 Å². The summed E-state index contributed by atoms with van der Waals surface area (Å²) in [5, 5.41) is 29.6. The summed E-state index contributed by atoms with van der Waals surface area (Å²) in [6.45, 7) is 1.39. The first kappa shape index (κ1) is 27.4. The van der Waals surface area contributed by atoms with Crippen molar-refractivity contribution in [2.24, 2.45) is 5.92 Å². The number of rotatable bonds is 9. The van der Waals surface area contributed by atoms with Gasteiger partial charge in [-0.15, -0.1) is 0 Å². The number of hydrogen-bond donors (Lipinski definition) is 5. The molecular weight excluding hydrogens is 529 g/mol. The second kappa shape index (κ2) is 12.3. The molecule has 0 spiro atoms. The Bertz CT molecular complexity index is 1330. The highest BCUT2D eigenvalue weighted by Gasteiger charge is 2.34. The second-order valence-electron chi connectivity index (χ2n) is 9.10. The fourth-order valence-electron chi connectivity index (χ4n) is 4.67. The maximum Gasteiger partial charge on any atom is 0.307 e. The number of nitrogens with one attached hydrogen (secondary N) is 3. The van der Waals surface area contributed by atoms with Gasteiger partial charge in [-0.2, -0.15) is 0 Å². The van der Waals surface area contributed by atoms with Crippen molar-refractivity contribution in [3.8, 4) is 0 Å². The van der Waals surface area contributed by atoms with Gasteiger partial charge in [-0.05, 0) is 72.1 Å². The molecular formula is C28H27Cl2N3O5. The minimum absolute atomic E-state index is 0.240. The van der Waals surface area contributed by atoms with E-state index in [1.54, 1.807) is 48.5 Å². The van der Waals surface area contributed by atoms with Crippen LogP contribution in [0.4, 0.5) is 11.4 Å². The lowest BCUT2D eigenvalue weighted by Gasteiger charge is -2.25. The molecule has 2 atom stereocenters. The van der Waals surface area contributed by atoms with Gasteiger partial charge in [0.1, 0.15) is 0 Å². The van der Waals surface area contributed by atoms with E-state index >= 15 is 0 Å². The van der Waals surface area contributed by atoms with E-state index in [-0.39, 0.29) is 5.91 Å². The third-order valence-corrected chi connectivity index (χ3v) is 7.17. The van der Waals surface area contributed by atoms with Crippen molar-refractivity contribution in [3.05, 3.63) is 93.0 Å². The highest BCUT2D eigenvalue weighted by Crippen LogP contribution is 2.38. The topological polar surface area (TPSA) is 128 Å². The number of carbonyl (C=O) groups excluding carboxylic acids is 1. The number of amides is 1. The van der Waals surface area contributed by atoms with Crippen LogP contribution in [0.1, 0.15) is 39.4 Å². The highest BCUT2D eigenvalue weighted by molar-refractivity contribution is 6.33. The Morgan fingerprint density at radius 3 is 2.34 bits per heavy atom. The molecule has 1 aliphatic heterocycles. The van der Waals surface area contributed by atoms with Gasteiger partial charge in [0, 0.05) is 35.3 Å². The predicted molar refractivity (Wildman–Crippen MR) is 147 cm³/mol. The Labute approximate surface area is 230 Å². The van der Waals surface area contributed by atoms with Crippen LogP contribution in [0.25, 0.3) is 0 Å². The van der Waals surface area contributed by atoms with Crippen molar-refractivity contribution in [1.82, 2.24) is 5.32 Å². The van der Waals surface area contributed by atoms with Gasteiger partial charge in [0.05, 0.1) is 23.0 Å². The van der Waals surface area contributed by atoms with Crippen LogP contribution in [0.2, 0.25) is 10.0 Å². The lowest BCUT2D eigenvalue weighted by Crippen LogP contribution is -2.31. The average molecular weight is 556 g/mol. The van der Waals surface area contributed by atoms with Crippen LogP contribution in [0.5, 0.6) is 0 Å². The third kappa shape index (κ3) is 6.64. The van der Waals surface area contributed by atoms with E-state index in [0.717, 1.165) is 16.7 Å². The van der Waals surface area contributed by atoms with Crippen molar-refractivity contribution >= 4 is 52.4 Å². The van der Waals surface area contributed by atoms with Gasteiger partial charge >= 0.3 is 11.9 Å². The molecule has 38 heavy (non-hydrogen) atoms. The molecule has 0 bridgehead atoms. The van der Waals surface area contributed by atoms with Crippen molar-refractivity contribution in [2.45, 2.75) is 25.3 Å². The van der Waals surface area contributed by atoms with Gasteiger partial charge in [0.25, 0.3) is 5.91 Å². The summed E-state index contributed by atoms with van der Waals surface area (Å²) in [5.41, 5.74) is 4.42. The Morgan fingerprint density at radius 1 is 0.974 bits per heavy atom. The molecule has 1 heterocycles. The molecule has 10 heteroatoms. The van der Waals surface area contributed by atoms with Crippen molar-refractivity contribution < 1.29 is 24.6 Å². The summed E-state index contributed by atoms with van der Waals surface area (Å²) in [4.78, 5) is 35.9. The minimum Gasteiger partial charge on any atom is -0.481 e. The van der Waals surface area contributed by atoms with Crippen LogP contribution >= 0.6 is 23.2 Å². The molecule has 3 aromatic rings. The number of fused-ring (bicyclic) bond motifs is 1. The molecule has 4 rings (SSSR count). The fourth-order valence-corrected chi connectivity index (χ4v) is 5.04. The van der Waals surface area contributed by atoms with Gasteiger partial charge in [-0.1, -0.05) is 41.4 Å². The van der Waals surface area contributed by atoms with Crippen molar-refractivity contribution in [2.75, 3.05) is 23.7 Å². The largest absolute Gasteiger partial charge is 0.481 e. The Hall–Kier alpha value is -3.59. The zero-order valence-electron chi connectivity index (χ0n) is 20.3. The zero-order chi connectivity index (χ0) is 27.2. The fraction of sp³-hybridized carbons (Fsp3) is 0.250. The molecule has 5 N–H and O–H groups in total. The third-order valence-electron chi connectivity index (χ3n) is 6.60. The number of carboxylic acids is 2. The lowest BCUT2D eigenvalue weighted by molar-refractivity contribution is -0.149. The summed E-state index contributed by atoms with van der Waals surface area (Å²) in [5.74, 6) is -4.12. The van der Waals surface area contributed by atoms with Crippen molar-refractivity contribution in [3.63, 3.8) is 0 Å². The summed E-state index contributed by atoms with van der Waals surface area (Å²) in [6.07, 6.45) is 0.141. The maximum atomic E-state index is 12.6. The van der Waals surface area contributed by atoms with E-state index in [4.69, 9.17) is 23.2 Å². The van der Waals surface area contributed by atoms with Crippen LogP contribution in [-0.4, -0.2) is 41.1 Å². The van der Waals surface area contributed by atoms with E-state index in [9.17, 15) is 24.6 Å². The van der Waals surface area contributed by atoms with Crippen molar-refractivity contribution in [1.29, 1.82) is 0 Å². The van der Waals surface area contributed by atoms with Crippen LogP contribution < -0.4 is 16.0 Å². The molecule has 0 fully saturated rings. The molecule has 198 valence electrons. The number of carbonyl (C=O) groups is 3. The molecule has 1 aliphatic rings. The molecule has 8 nitrogen and oxygen atoms in total. The number of hydrogen-bond acceptors (Lipinski definition) is 5. The predicted octanol–water partition coefficient (Wildman–Crippen LogP) is 5.26. The second-order valence-corrected chi connectivity index (χ2v) is 9.95. The molecule has 0 aromatic heterocycles. The van der Waals surface area contributed by atoms with Gasteiger partial charge in [-0.3, -0.25) is 14.4 Å². The number of carboxylic acid groups (broad SMARTS) is 2. The molecule has 0 saturated heterocycles. The average Bonchev–Trinajstić information content (AvgIpc) is 3.10. The number of anilines is 2. The zero-order valence-corrected chi connectivity index (χ0v) is 21.9. The highest BCUT2D eigenvalue weighted by atomic mass is 35.5. The normalized spacial score (nSPS) is 15.6. The number of benzene rings is 3. The summed E-state index contributed by atoms with van der Waals surface area (Å²) in [6, 6.07) is 17.5. The monoisotopic (exact) mass is 555 g/mol. The SMILES string of the molecule is O=C(O)CC(C(=O)O)C1CNCCc2c1ccc(Cl)c2NCc1ccc(C(=O)Nc2ccc(Cl)cc2)cc1. The Balaban J connectivity index is 1.50. The number of aliphatic carboxylic acids is 2. The van der Waals surface area contributed by atoms with Gasteiger partial charge in [0.2, 0.25) is 0 Å². The lowest BCUT2D eigenvalue weighted by atomic mass is 9.81. The molecule has 0 aliphatic carbocycles. The molecule has 0 saturated carbocycles. The van der Waals surface area contributed by atoms with Gasteiger partial charge in [0.15, 0.2) is 0 Å². The maximum absolute atomic E-state index is 12.6. The summed E-state index contributed by atoms with van der Waals surface area (Å²) in [7, 11) is 0. The van der Waals surface area contributed by atoms with E-state index in [1.807, 2.05) is 12.1 Å². The minimum atomic E-state index is -1.15. The standard InChI is InChI=1S/C28H27Cl2N3O5/c29-18-5-7-19(8-6-18)33-27(36)17-3-1-16(2-4-17)14-32-26-21-11-12-31-15-23(20(21)9-10-24(26)30)22(28(37)38)13-25(34)35/h1-10,22-23,31-32H,11-15H2,(H,33,36)(H,34,35)(H,37,38). The van der Waals surface area contributed by atoms with Crippen LogP contribution in [0, 0.1) is 5.92 Å². The Kier molecular flexibility index (Phi) is 8.89. The quantitative estimate of drug-likeness (QED) is 0.243. The van der Waals surface area contributed by atoms with E-state index in [2.05, 4.69) is 16.0 Å². The number of halogens is 2. The summed E-state index contributed by atoms with van der Waals surface area (Å²) >= 11 is 12.4. The smallest absolute Gasteiger partial charge is 0.307 e. The first-order valence-electron chi connectivity index (χ1n) is 12.1. The van der Waals surface area contributed by atoms with Gasteiger partial charge in [-0.25, -0.2) is 0 Å². The van der Waals surface area contributed by atoms with Crippen LogP contribution in [0.15, 0.2) is 60.7 Å². The Morgan fingerprint density at radius 2 is 1.68 bits per heavy atom. The molecule has 1 amide bonds. The van der Waals surface area contributed by atoms with E-state index in [0.29, 0.717) is 53.0 Å². The molecule has 3 aromatic carbocycles. The van der Waals surface area contributed by atoms with Crippen LogP contribution in [0.3, 0.4) is 0 Å². The van der Waals surface area contributed by atoms with Gasteiger partial charge < -0.3 is 26.2 Å². The first-order chi connectivity index (χ1) is 18.2. The van der Waals surface area contributed by atoms with E-state index < -0.39 is 30.2 Å². The first-order valence-corrected chi connectivity index (χ1v) is 12.8. The molecule has 0 radical (unpaired) electrons. The summed E-state index contributed by atoms with van der Waals surface area (Å²) < 4.78 is 0. The van der Waals surface area contributed by atoms with E-state index in [1.165, 1.54) is 0 Å². The molecule has 2 unspecified atom stereocenters.